The highest BCUT2D eigenvalue weighted by Crippen LogP contribution is 2.25. The van der Waals surface area contributed by atoms with Gasteiger partial charge in [-0.2, -0.15) is 5.10 Å². The number of anilines is 1. The lowest BCUT2D eigenvalue weighted by Gasteiger charge is -2.18. The smallest absolute Gasteiger partial charge is 0.168 e. The first kappa shape index (κ1) is 15.5. The molecule has 0 unspecified atom stereocenters. The summed E-state index contributed by atoms with van der Waals surface area (Å²) >= 11 is 0. The number of unbranched alkanes of at least 4 members (excludes halogenated alkanes) is 1. The topological polar surface area (TPSA) is 46.8 Å². The highest BCUT2D eigenvalue weighted by atomic mass is 15.3. The van der Waals surface area contributed by atoms with E-state index in [1.807, 2.05) is 10.9 Å². The van der Waals surface area contributed by atoms with E-state index in [1.54, 1.807) is 6.33 Å². The van der Waals surface area contributed by atoms with Crippen LogP contribution in [-0.4, -0.2) is 33.3 Å². The van der Waals surface area contributed by atoms with Gasteiger partial charge in [0, 0.05) is 13.6 Å². The van der Waals surface area contributed by atoms with Gasteiger partial charge in [0.15, 0.2) is 5.65 Å². The van der Waals surface area contributed by atoms with Crippen LogP contribution in [0.15, 0.2) is 30.7 Å². The molecular weight excluding hydrogens is 286 g/mol. The molecule has 0 saturated heterocycles. The van der Waals surface area contributed by atoms with E-state index < -0.39 is 0 Å². The zero-order valence-corrected chi connectivity index (χ0v) is 14.2. The molecule has 5 heteroatoms. The van der Waals surface area contributed by atoms with Gasteiger partial charge in [-0.15, -0.1) is 0 Å². The van der Waals surface area contributed by atoms with Gasteiger partial charge in [0.1, 0.15) is 12.1 Å². The van der Waals surface area contributed by atoms with Gasteiger partial charge in [0.2, 0.25) is 0 Å². The fraction of sp³-hybridized carbons (Fsp3) is 0.389. The maximum absolute atomic E-state index is 4.57. The predicted molar refractivity (Wildman–Crippen MR) is 94.3 cm³/mol. The monoisotopic (exact) mass is 309 g/mol. The molecule has 3 rings (SSSR count). The van der Waals surface area contributed by atoms with Crippen molar-refractivity contribution in [2.75, 3.05) is 18.5 Å². The van der Waals surface area contributed by atoms with Gasteiger partial charge in [0.25, 0.3) is 0 Å². The fourth-order valence-electron chi connectivity index (χ4n) is 2.86. The normalized spacial score (nSPS) is 11.1. The molecule has 0 aliphatic heterocycles. The van der Waals surface area contributed by atoms with E-state index in [4.69, 9.17) is 0 Å². The molecule has 23 heavy (non-hydrogen) atoms. The molecule has 5 nitrogen and oxygen atoms in total. The molecule has 3 aromatic rings. The molecule has 2 heterocycles. The van der Waals surface area contributed by atoms with Crippen molar-refractivity contribution in [3.8, 4) is 5.69 Å². The number of fused-ring (bicyclic) bond motifs is 1. The van der Waals surface area contributed by atoms with Crippen molar-refractivity contribution in [2.24, 2.45) is 0 Å². The Bertz CT molecular complexity index is 821. The number of benzene rings is 1. The Morgan fingerprint density at radius 3 is 2.74 bits per heavy atom. The molecule has 1 aromatic carbocycles. The minimum Gasteiger partial charge on any atom is -0.359 e. The summed E-state index contributed by atoms with van der Waals surface area (Å²) < 4.78 is 1.91. The van der Waals surface area contributed by atoms with E-state index in [1.165, 1.54) is 17.5 Å². The molecule has 0 saturated carbocycles. The summed E-state index contributed by atoms with van der Waals surface area (Å²) in [4.78, 5) is 11.1. The van der Waals surface area contributed by atoms with Gasteiger partial charge in [-0.05, 0) is 31.9 Å². The minimum atomic E-state index is 0.852. The van der Waals surface area contributed by atoms with E-state index in [9.17, 15) is 0 Å². The first-order valence-corrected chi connectivity index (χ1v) is 8.09. The lowest BCUT2D eigenvalue weighted by molar-refractivity contribution is 0.761. The maximum atomic E-state index is 4.57. The third kappa shape index (κ3) is 2.91. The highest BCUT2D eigenvalue weighted by molar-refractivity contribution is 5.87. The van der Waals surface area contributed by atoms with Crippen molar-refractivity contribution in [2.45, 2.75) is 33.6 Å². The van der Waals surface area contributed by atoms with Crippen molar-refractivity contribution in [3.63, 3.8) is 0 Å². The second-order valence-corrected chi connectivity index (χ2v) is 6.06. The zero-order valence-electron chi connectivity index (χ0n) is 14.2. The third-order valence-electron chi connectivity index (χ3n) is 4.13. The van der Waals surface area contributed by atoms with Crippen molar-refractivity contribution < 1.29 is 0 Å². The average molecular weight is 309 g/mol. The van der Waals surface area contributed by atoms with Gasteiger partial charge in [-0.1, -0.05) is 31.0 Å². The Morgan fingerprint density at radius 2 is 2.00 bits per heavy atom. The molecule has 0 amide bonds. The lowest BCUT2D eigenvalue weighted by atomic mass is 10.1. The molecule has 0 N–H and O–H groups in total. The maximum Gasteiger partial charge on any atom is 0.168 e. The highest BCUT2D eigenvalue weighted by Gasteiger charge is 2.14. The molecule has 0 bridgehead atoms. The van der Waals surface area contributed by atoms with E-state index in [0.717, 1.165) is 35.5 Å². The van der Waals surface area contributed by atoms with Gasteiger partial charge in [-0.25, -0.2) is 14.6 Å². The van der Waals surface area contributed by atoms with E-state index >= 15 is 0 Å². The Labute approximate surface area is 137 Å². The molecule has 0 spiro atoms. The van der Waals surface area contributed by atoms with Gasteiger partial charge in [-0.3, -0.25) is 0 Å². The van der Waals surface area contributed by atoms with Crippen LogP contribution in [0.4, 0.5) is 5.82 Å². The van der Waals surface area contributed by atoms with Crippen LogP contribution in [0.5, 0.6) is 0 Å². The van der Waals surface area contributed by atoms with Crippen LogP contribution in [0.2, 0.25) is 0 Å². The molecule has 0 atom stereocenters. The summed E-state index contributed by atoms with van der Waals surface area (Å²) in [6.07, 6.45) is 5.81. The number of rotatable bonds is 5. The number of aryl methyl sites for hydroxylation is 2. The second kappa shape index (κ2) is 6.36. The summed E-state index contributed by atoms with van der Waals surface area (Å²) in [6, 6.07) is 6.36. The van der Waals surface area contributed by atoms with Crippen LogP contribution in [0, 0.1) is 13.8 Å². The van der Waals surface area contributed by atoms with Crippen molar-refractivity contribution in [1.82, 2.24) is 19.7 Å². The molecule has 0 fully saturated rings. The van der Waals surface area contributed by atoms with Gasteiger partial charge < -0.3 is 4.90 Å². The van der Waals surface area contributed by atoms with Crippen molar-refractivity contribution in [1.29, 1.82) is 0 Å². The lowest BCUT2D eigenvalue weighted by Crippen LogP contribution is -2.19. The van der Waals surface area contributed by atoms with Crippen LogP contribution in [0.25, 0.3) is 16.7 Å². The minimum absolute atomic E-state index is 0.852. The van der Waals surface area contributed by atoms with Gasteiger partial charge >= 0.3 is 0 Å². The number of nitrogens with zero attached hydrogens (tertiary/aromatic N) is 5. The summed E-state index contributed by atoms with van der Waals surface area (Å²) in [5.41, 5.74) is 4.35. The molecular formula is C18H23N5. The summed E-state index contributed by atoms with van der Waals surface area (Å²) in [7, 11) is 2.08. The molecule has 0 aliphatic rings. The van der Waals surface area contributed by atoms with Crippen molar-refractivity contribution in [3.05, 3.63) is 41.9 Å². The summed E-state index contributed by atoms with van der Waals surface area (Å²) in [5.74, 6) is 0.944. The zero-order chi connectivity index (χ0) is 16.4. The van der Waals surface area contributed by atoms with Crippen LogP contribution in [0.3, 0.4) is 0 Å². The standard InChI is InChI=1S/C18H23N5/c1-5-6-9-22(4)17-15-11-21-23(18(15)20-12-19-17)16-8-7-13(2)10-14(16)3/h7-8,10-12H,5-6,9H2,1-4H3. The first-order chi connectivity index (χ1) is 11.1. The Morgan fingerprint density at radius 1 is 1.17 bits per heavy atom. The molecule has 0 radical (unpaired) electrons. The van der Waals surface area contributed by atoms with E-state index in [-0.39, 0.29) is 0 Å². The third-order valence-corrected chi connectivity index (χ3v) is 4.13. The average Bonchev–Trinajstić information content (AvgIpc) is 2.96. The Balaban J connectivity index is 2.08. The predicted octanol–water partition coefficient (Wildman–Crippen LogP) is 3.67. The second-order valence-electron chi connectivity index (χ2n) is 6.06. The van der Waals surface area contributed by atoms with E-state index in [0.29, 0.717) is 0 Å². The molecule has 120 valence electrons. The number of aromatic nitrogens is 4. The molecule has 0 aliphatic carbocycles. The van der Waals surface area contributed by atoms with Crippen LogP contribution in [0.1, 0.15) is 30.9 Å². The molecule has 2 aromatic heterocycles. The summed E-state index contributed by atoms with van der Waals surface area (Å²) in [6.45, 7) is 7.38. The Kier molecular flexibility index (Phi) is 4.28. The summed E-state index contributed by atoms with van der Waals surface area (Å²) in [5, 5.41) is 5.56. The Hall–Kier alpha value is -2.43. The SMILES string of the molecule is CCCCN(C)c1ncnc2c1cnn2-c1ccc(C)cc1C. The van der Waals surface area contributed by atoms with E-state index in [2.05, 4.69) is 66.0 Å². The number of hydrogen-bond donors (Lipinski definition) is 0. The quantitative estimate of drug-likeness (QED) is 0.721. The van der Waals surface area contributed by atoms with Crippen LogP contribution in [-0.2, 0) is 0 Å². The van der Waals surface area contributed by atoms with Gasteiger partial charge in [0.05, 0.1) is 17.3 Å². The van der Waals surface area contributed by atoms with Crippen LogP contribution < -0.4 is 4.90 Å². The first-order valence-electron chi connectivity index (χ1n) is 8.09. The fourth-order valence-corrected chi connectivity index (χ4v) is 2.86. The largest absolute Gasteiger partial charge is 0.359 e. The van der Waals surface area contributed by atoms with Crippen molar-refractivity contribution >= 4 is 16.9 Å². The van der Waals surface area contributed by atoms with Crippen LogP contribution >= 0.6 is 0 Å². The number of hydrogen-bond acceptors (Lipinski definition) is 4.